The maximum atomic E-state index is 12.3. The van der Waals surface area contributed by atoms with Crippen LogP contribution in [0, 0.1) is 17.0 Å². The summed E-state index contributed by atoms with van der Waals surface area (Å²) >= 11 is 7.34. The molecule has 0 bridgehead atoms. The van der Waals surface area contributed by atoms with Gasteiger partial charge in [0.2, 0.25) is 0 Å². The third-order valence-electron chi connectivity index (χ3n) is 3.26. The third-order valence-corrected chi connectivity index (χ3v) is 4.50. The number of anilines is 1. The number of fused-ring (bicyclic) bond motifs is 1. The molecular formula is C15H10ClN3O3S. The first-order valence-corrected chi connectivity index (χ1v) is 7.76. The highest BCUT2D eigenvalue weighted by Crippen LogP contribution is 2.31. The number of nitro benzene ring substituents is 1. The summed E-state index contributed by atoms with van der Waals surface area (Å²) in [6.07, 6.45) is 0. The van der Waals surface area contributed by atoms with Crippen LogP contribution >= 0.6 is 22.9 Å². The van der Waals surface area contributed by atoms with Crippen molar-refractivity contribution in [2.24, 2.45) is 0 Å². The maximum Gasteiger partial charge on any atom is 0.273 e. The molecule has 0 saturated carbocycles. The highest BCUT2D eigenvalue weighted by Gasteiger charge is 2.16. The lowest BCUT2D eigenvalue weighted by atomic mass is 10.1. The minimum absolute atomic E-state index is 0.0926. The molecule has 1 N–H and O–H groups in total. The number of benzene rings is 2. The summed E-state index contributed by atoms with van der Waals surface area (Å²) in [5.41, 5.74) is 1.22. The number of carbonyl (C=O) groups excluding carboxylic acids is 1. The normalized spacial score (nSPS) is 10.7. The van der Waals surface area contributed by atoms with Crippen molar-refractivity contribution >= 4 is 49.9 Å². The van der Waals surface area contributed by atoms with E-state index in [1.807, 2.05) is 6.07 Å². The van der Waals surface area contributed by atoms with E-state index >= 15 is 0 Å². The number of aromatic nitrogens is 1. The first kappa shape index (κ1) is 15.4. The van der Waals surface area contributed by atoms with E-state index in [1.165, 1.54) is 23.5 Å². The van der Waals surface area contributed by atoms with Crippen LogP contribution in [0.15, 0.2) is 36.4 Å². The molecule has 3 rings (SSSR count). The molecule has 1 aromatic heterocycles. The topological polar surface area (TPSA) is 85.1 Å². The predicted molar refractivity (Wildman–Crippen MR) is 90.4 cm³/mol. The van der Waals surface area contributed by atoms with Crippen LogP contribution in [0.1, 0.15) is 15.9 Å². The standard InChI is InChI=1S/C15H10ClN3O3S/c1-8-5-6-9(7-11(8)19(21)22)14(20)18-15-17-13-10(16)3-2-4-12(13)23-15/h2-7H,1H3,(H,17,18,20). The molecule has 0 spiro atoms. The van der Waals surface area contributed by atoms with Gasteiger partial charge >= 0.3 is 0 Å². The molecule has 0 saturated heterocycles. The molecule has 8 heteroatoms. The van der Waals surface area contributed by atoms with Gasteiger partial charge in [-0.2, -0.15) is 0 Å². The number of aryl methyl sites for hydroxylation is 1. The zero-order valence-corrected chi connectivity index (χ0v) is 13.4. The van der Waals surface area contributed by atoms with E-state index in [4.69, 9.17) is 11.6 Å². The molecule has 0 fully saturated rings. The molecular weight excluding hydrogens is 338 g/mol. The number of hydrogen-bond donors (Lipinski definition) is 1. The summed E-state index contributed by atoms with van der Waals surface area (Å²) in [5.74, 6) is -0.455. The molecule has 0 aliphatic rings. The molecule has 6 nitrogen and oxygen atoms in total. The summed E-state index contributed by atoms with van der Waals surface area (Å²) in [7, 11) is 0. The van der Waals surface area contributed by atoms with Crippen molar-refractivity contribution in [1.29, 1.82) is 0 Å². The van der Waals surface area contributed by atoms with Crippen molar-refractivity contribution in [3.05, 3.63) is 62.7 Å². The Balaban J connectivity index is 1.90. The van der Waals surface area contributed by atoms with Gasteiger partial charge < -0.3 is 0 Å². The van der Waals surface area contributed by atoms with Gasteiger partial charge in [-0.05, 0) is 25.1 Å². The molecule has 0 radical (unpaired) electrons. The summed E-state index contributed by atoms with van der Waals surface area (Å²) in [5, 5.41) is 14.5. The first-order valence-electron chi connectivity index (χ1n) is 6.57. The highest BCUT2D eigenvalue weighted by molar-refractivity contribution is 7.22. The van der Waals surface area contributed by atoms with Gasteiger partial charge in [0.05, 0.1) is 14.6 Å². The van der Waals surface area contributed by atoms with Gasteiger partial charge in [0.25, 0.3) is 11.6 Å². The lowest BCUT2D eigenvalue weighted by Gasteiger charge is -2.03. The maximum absolute atomic E-state index is 12.3. The number of para-hydroxylation sites is 1. The second-order valence-electron chi connectivity index (χ2n) is 4.82. The zero-order valence-electron chi connectivity index (χ0n) is 11.9. The van der Waals surface area contributed by atoms with Crippen molar-refractivity contribution < 1.29 is 9.72 Å². The number of hydrogen-bond acceptors (Lipinski definition) is 5. The van der Waals surface area contributed by atoms with Gasteiger partial charge in [-0.15, -0.1) is 0 Å². The zero-order chi connectivity index (χ0) is 16.6. The third kappa shape index (κ3) is 3.01. The summed E-state index contributed by atoms with van der Waals surface area (Å²) in [6, 6.07) is 9.72. The van der Waals surface area contributed by atoms with Crippen LogP contribution in [0.5, 0.6) is 0 Å². The van der Waals surface area contributed by atoms with E-state index in [9.17, 15) is 14.9 Å². The largest absolute Gasteiger partial charge is 0.298 e. The number of nitro groups is 1. The molecule has 1 amide bonds. The van der Waals surface area contributed by atoms with Gasteiger partial charge in [0.15, 0.2) is 5.13 Å². The van der Waals surface area contributed by atoms with Crippen molar-refractivity contribution in [2.45, 2.75) is 6.92 Å². The van der Waals surface area contributed by atoms with E-state index in [-0.39, 0.29) is 11.3 Å². The fraction of sp³-hybridized carbons (Fsp3) is 0.0667. The number of carbonyl (C=O) groups is 1. The van der Waals surface area contributed by atoms with E-state index in [1.54, 1.807) is 25.1 Å². The summed E-state index contributed by atoms with van der Waals surface area (Å²) in [6.45, 7) is 1.62. The van der Waals surface area contributed by atoms with Crippen LogP contribution in [0.3, 0.4) is 0 Å². The van der Waals surface area contributed by atoms with Gasteiger partial charge in [-0.25, -0.2) is 4.98 Å². The smallest absolute Gasteiger partial charge is 0.273 e. The molecule has 1 heterocycles. The van der Waals surface area contributed by atoms with E-state index in [2.05, 4.69) is 10.3 Å². The van der Waals surface area contributed by atoms with Gasteiger partial charge in [0.1, 0.15) is 5.52 Å². The van der Waals surface area contributed by atoms with Gasteiger partial charge in [0, 0.05) is 17.2 Å². The number of thiazole rings is 1. The first-order chi connectivity index (χ1) is 11.0. The van der Waals surface area contributed by atoms with Crippen molar-refractivity contribution in [2.75, 3.05) is 5.32 Å². The monoisotopic (exact) mass is 347 g/mol. The van der Waals surface area contributed by atoms with Crippen LogP contribution in [0.25, 0.3) is 10.2 Å². The van der Waals surface area contributed by atoms with Crippen LogP contribution in [-0.2, 0) is 0 Å². The molecule has 3 aromatic rings. The van der Waals surface area contributed by atoms with Crippen LogP contribution < -0.4 is 5.32 Å². The number of nitrogens with one attached hydrogen (secondary N) is 1. The number of rotatable bonds is 3. The minimum atomic E-state index is -0.510. The summed E-state index contributed by atoms with van der Waals surface area (Å²) in [4.78, 5) is 27.0. The average Bonchev–Trinajstić information content (AvgIpc) is 2.91. The second kappa shape index (κ2) is 5.94. The van der Waals surface area contributed by atoms with Crippen LogP contribution in [-0.4, -0.2) is 15.8 Å². The molecule has 2 aromatic carbocycles. The Morgan fingerprint density at radius 2 is 2.13 bits per heavy atom. The van der Waals surface area contributed by atoms with E-state index < -0.39 is 10.8 Å². The second-order valence-corrected chi connectivity index (χ2v) is 6.26. The lowest BCUT2D eigenvalue weighted by Crippen LogP contribution is -2.12. The number of nitrogens with zero attached hydrogens (tertiary/aromatic N) is 2. The van der Waals surface area contributed by atoms with Crippen molar-refractivity contribution in [1.82, 2.24) is 4.98 Å². The predicted octanol–water partition coefficient (Wildman–Crippen LogP) is 4.42. The SMILES string of the molecule is Cc1ccc(C(=O)Nc2nc3c(Cl)cccc3s2)cc1[N+](=O)[O-]. The Morgan fingerprint density at radius 1 is 1.35 bits per heavy atom. The van der Waals surface area contributed by atoms with Gasteiger partial charge in [-0.3, -0.25) is 20.2 Å². The molecule has 116 valence electrons. The molecule has 0 atom stereocenters. The summed E-state index contributed by atoms with van der Waals surface area (Å²) < 4.78 is 0.850. The highest BCUT2D eigenvalue weighted by atomic mass is 35.5. The van der Waals surface area contributed by atoms with Crippen LogP contribution in [0.2, 0.25) is 5.02 Å². The molecule has 0 aliphatic carbocycles. The van der Waals surface area contributed by atoms with Crippen molar-refractivity contribution in [3.63, 3.8) is 0 Å². The van der Waals surface area contributed by atoms with Crippen LogP contribution in [0.4, 0.5) is 10.8 Å². The fourth-order valence-electron chi connectivity index (χ4n) is 2.09. The average molecular weight is 348 g/mol. The Kier molecular flexibility index (Phi) is 3.97. The number of amides is 1. The Labute approximate surface area is 139 Å². The number of halogens is 1. The quantitative estimate of drug-likeness (QED) is 0.561. The Bertz CT molecular complexity index is 939. The lowest BCUT2D eigenvalue weighted by molar-refractivity contribution is -0.385. The molecule has 0 unspecified atom stereocenters. The fourth-order valence-corrected chi connectivity index (χ4v) is 3.25. The molecule has 0 aliphatic heterocycles. The Hall–Kier alpha value is -2.51. The minimum Gasteiger partial charge on any atom is -0.298 e. The van der Waals surface area contributed by atoms with Gasteiger partial charge in [-0.1, -0.05) is 35.1 Å². The van der Waals surface area contributed by atoms with Crippen molar-refractivity contribution in [3.8, 4) is 0 Å². The van der Waals surface area contributed by atoms with E-state index in [0.29, 0.717) is 21.2 Å². The van der Waals surface area contributed by atoms with E-state index in [0.717, 1.165) is 4.70 Å². The Morgan fingerprint density at radius 3 is 2.83 bits per heavy atom. The molecule has 23 heavy (non-hydrogen) atoms.